The van der Waals surface area contributed by atoms with Crippen LogP contribution in [-0.2, 0) is 23.4 Å². The van der Waals surface area contributed by atoms with Crippen molar-refractivity contribution >= 4 is 6.09 Å². The van der Waals surface area contributed by atoms with Crippen LogP contribution in [-0.4, -0.2) is 39.7 Å². The lowest BCUT2D eigenvalue weighted by Crippen LogP contribution is -2.58. The Kier molecular flexibility index (Phi) is 5.41. The fraction of sp³-hybridized carbons (Fsp3) is 0.370. The lowest BCUT2D eigenvalue weighted by molar-refractivity contribution is -0.0622. The van der Waals surface area contributed by atoms with Gasteiger partial charge in [-0.05, 0) is 49.2 Å². The highest BCUT2D eigenvalue weighted by atomic mass is 16.6. The highest BCUT2D eigenvalue weighted by molar-refractivity contribution is 5.73. The molecule has 0 saturated carbocycles. The number of aryl methyl sites for hydroxylation is 1. The zero-order chi connectivity index (χ0) is 23.1. The third-order valence-electron chi connectivity index (χ3n) is 7.38. The monoisotopic (exact) mass is 446 g/mol. The Hall–Kier alpha value is -3.25. The van der Waals surface area contributed by atoms with E-state index in [1.165, 1.54) is 0 Å². The third kappa shape index (κ3) is 3.78. The average Bonchev–Trinajstić information content (AvgIpc) is 3.32. The van der Waals surface area contributed by atoms with Crippen molar-refractivity contribution in [3.05, 3.63) is 89.4 Å². The van der Waals surface area contributed by atoms with Crippen molar-refractivity contribution in [1.29, 1.82) is 0 Å². The summed E-state index contributed by atoms with van der Waals surface area (Å²) in [7, 11) is 0. The number of hydrogen-bond donors (Lipinski definition) is 1. The number of carbonyl (C=O) groups is 1. The van der Waals surface area contributed by atoms with Gasteiger partial charge in [0.2, 0.25) is 0 Å². The number of furan rings is 1. The molecule has 6 nitrogen and oxygen atoms in total. The lowest BCUT2D eigenvalue weighted by Gasteiger charge is -2.48. The van der Waals surface area contributed by atoms with Gasteiger partial charge in [-0.3, -0.25) is 9.80 Å². The molecule has 2 aliphatic heterocycles. The Bertz CT molecular complexity index is 1120. The maximum Gasteiger partial charge on any atom is 0.411 e. The van der Waals surface area contributed by atoms with Gasteiger partial charge >= 0.3 is 6.09 Å². The molecule has 5 rings (SSSR count). The summed E-state index contributed by atoms with van der Waals surface area (Å²) in [4.78, 5) is 17.5. The Morgan fingerprint density at radius 2 is 1.64 bits per heavy atom. The summed E-state index contributed by atoms with van der Waals surface area (Å²) in [5, 5.41) is 9.66. The third-order valence-corrected chi connectivity index (χ3v) is 7.38. The van der Waals surface area contributed by atoms with Crippen LogP contribution in [0.2, 0.25) is 0 Å². The van der Waals surface area contributed by atoms with E-state index in [2.05, 4.69) is 24.0 Å². The molecular formula is C27H30N2O4. The maximum atomic E-state index is 13.3. The van der Waals surface area contributed by atoms with Crippen LogP contribution in [0.5, 0.6) is 5.75 Å². The normalized spacial score (nSPS) is 22.6. The fourth-order valence-electron chi connectivity index (χ4n) is 5.39. The number of benzene rings is 2. The molecule has 0 radical (unpaired) electrons. The van der Waals surface area contributed by atoms with Crippen molar-refractivity contribution in [2.45, 2.75) is 50.9 Å². The first-order valence-corrected chi connectivity index (χ1v) is 11.5. The second kappa shape index (κ2) is 8.27. The number of aromatic hydroxyl groups is 1. The maximum absolute atomic E-state index is 13.3. The van der Waals surface area contributed by atoms with Gasteiger partial charge in [-0.2, -0.15) is 0 Å². The average molecular weight is 447 g/mol. The van der Waals surface area contributed by atoms with Crippen LogP contribution in [0.15, 0.2) is 71.1 Å². The van der Waals surface area contributed by atoms with Gasteiger partial charge in [0.25, 0.3) is 0 Å². The van der Waals surface area contributed by atoms with Crippen molar-refractivity contribution in [1.82, 2.24) is 9.80 Å². The zero-order valence-corrected chi connectivity index (χ0v) is 19.2. The molecule has 172 valence electrons. The van der Waals surface area contributed by atoms with Gasteiger partial charge in [0.15, 0.2) is 0 Å². The molecule has 1 spiro atoms. The van der Waals surface area contributed by atoms with E-state index in [4.69, 9.17) is 9.15 Å². The minimum atomic E-state index is -0.614. The van der Waals surface area contributed by atoms with Gasteiger partial charge in [-0.15, -0.1) is 0 Å². The Labute approximate surface area is 194 Å². The van der Waals surface area contributed by atoms with E-state index >= 15 is 0 Å². The van der Waals surface area contributed by atoms with Gasteiger partial charge in [0.05, 0.1) is 13.1 Å². The summed E-state index contributed by atoms with van der Waals surface area (Å²) in [5.41, 5.74) is 0.799. The summed E-state index contributed by atoms with van der Waals surface area (Å²) in [5.74, 6) is 2.10. The molecule has 1 amide bonds. The molecule has 0 aliphatic carbocycles. The molecule has 3 aromatic rings. The molecule has 0 bridgehead atoms. The number of likely N-dealkylation sites (tertiary alicyclic amines) is 1. The van der Waals surface area contributed by atoms with E-state index in [9.17, 15) is 9.90 Å². The summed E-state index contributed by atoms with van der Waals surface area (Å²) in [6.07, 6.45) is 1.20. The predicted octanol–water partition coefficient (Wildman–Crippen LogP) is 5.20. The van der Waals surface area contributed by atoms with Crippen molar-refractivity contribution in [2.24, 2.45) is 0 Å². The predicted molar refractivity (Wildman–Crippen MR) is 125 cm³/mol. The Morgan fingerprint density at radius 1 is 0.939 bits per heavy atom. The summed E-state index contributed by atoms with van der Waals surface area (Å²) < 4.78 is 12.0. The highest BCUT2D eigenvalue weighted by Crippen LogP contribution is 2.52. The van der Waals surface area contributed by atoms with Crippen LogP contribution in [0.1, 0.15) is 42.4 Å². The van der Waals surface area contributed by atoms with Crippen LogP contribution in [0.4, 0.5) is 4.79 Å². The lowest BCUT2D eigenvalue weighted by atomic mass is 9.70. The SMILES string of the molecule is Cc1ccc(CN2CCC3(CC2)OC(=O)N(Cc2ccc(O)cc2)C3(C)c2ccccc2)o1. The molecule has 6 heteroatoms. The van der Waals surface area contributed by atoms with E-state index in [-0.39, 0.29) is 11.8 Å². The Balaban J connectivity index is 1.44. The van der Waals surface area contributed by atoms with Crippen molar-refractivity contribution in [3.8, 4) is 5.75 Å². The van der Waals surface area contributed by atoms with Crippen LogP contribution in [0, 0.1) is 6.92 Å². The van der Waals surface area contributed by atoms with Gasteiger partial charge in [-0.1, -0.05) is 42.5 Å². The van der Waals surface area contributed by atoms with Gasteiger partial charge in [0, 0.05) is 25.9 Å². The summed E-state index contributed by atoms with van der Waals surface area (Å²) >= 11 is 0. The number of ether oxygens (including phenoxy) is 1. The van der Waals surface area contributed by atoms with Crippen LogP contribution in [0.25, 0.3) is 0 Å². The topological polar surface area (TPSA) is 66.2 Å². The van der Waals surface area contributed by atoms with E-state index in [1.54, 1.807) is 12.1 Å². The van der Waals surface area contributed by atoms with E-state index < -0.39 is 11.1 Å². The molecule has 1 aromatic heterocycles. The summed E-state index contributed by atoms with van der Waals surface area (Å²) in [6.45, 7) is 6.92. The van der Waals surface area contributed by atoms with Gasteiger partial charge in [0.1, 0.15) is 28.4 Å². The van der Waals surface area contributed by atoms with Crippen LogP contribution >= 0.6 is 0 Å². The smallest absolute Gasteiger partial charge is 0.411 e. The first-order chi connectivity index (χ1) is 15.9. The zero-order valence-electron chi connectivity index (χ0n) is 19.2. The van der Waals surface area contributed by atoms with Gasteiger partial charge < -0.3 is 14.3 Å². The van der Waals surface area contributed by atoms with Crippen molar-refractivity contribution < 1.29 is 19.1 Å². The van der Waals surface area contributed by atoms with Crippen LogP contribution < -0.4 is 0 Å². The van der Waals surface area contributed by atoms with Gasteiger partial charge in [-0.25, -0.2) is 4.79 Å². The quantitative estimate of drug-likeness (QED) is 0.584. The standard InChI is InChI=1S/C27H30N2O4/c1-20-8-13-24(32-20)19-28-16-14-27(15-17-28)26(2,22-6-4-3-5-7-22)29(25(31)33-27)18-21-9-11-23(30)12-10-21/h3-13,30H,14-19H2,1-2H3. The molecule has 2 saturated heterocycles. The largest absolute Gasteiger partial charge is 0.508 e. The number of hydrogen-bond acceptors (Lipinski definition) is 5. The molecule has 2 fully saturated rings. The minimum Gasteiger partial charge on any atom is -0.508 e. The van der Waals surface area contributed by atoms with Crippen molar-refractivity contribution in [2.75, 3.05) is 13.1 Å². The molecule has 1 unspecified atom stereocenters. The molecule has 1 N–H and O–H groups in total. The fourth-order valence-corrected chi connectivity index (χ4v) is 5.39. The first kappa shape index (κ1) is 21.6. The second-order valence-electron chi connectivity index (χ2n) is 9.34. The van der Waals surface area contributed by atoms with E-state index in [1.807, 2.05) is 54.3 Å². The number of piperidine rings is 1. The minimum absolute atomic E-state index is 0.212. The number of nitrogens with zero attached hydrogens (tertiary/aromatic N) is 2. The van der Waals surface area contributed by atoms with E-state index in [0.717, 1.165) is 55.1 Å². The number of rotatable bonds is 5. The molecule has 3 heterocycles. The van der Waals surface area contributed by atoms with E-state index in [0.29, 0.717) is 6.54 Å². The molecule has 1 atom stereocenters. The molecule has 2 aromatic carbocycles. The molecule has 33 heavy (non-hydrogen) atoms. The van der Waals surface area contributed by atoms with Crippen LogP contribution in [0.3, 0.4) is 0 Å². The first-order valence-electron chi connectivity index (χ1n) is 11.5. The second-order valence-corrected chi connectivity index (χ2v) is 9.34. The van der Waals surface area contributed by atoms with Crippen molar-refractivity contribution in [3.63, 3.8) is 0 Å². The molecular weight excluding hydrogens is 416 g/mol. The Morgan fingerprint density at radius 3 is 2.27 bits per heavy atom. The number of phenolic OH excluding ortho intramolecular Hbond substituents is 1. The molecule has 2 aliphatic rings. The number of amides is 1. The summed E-state index contributed by atoms with van der Waals surface area (Å²) in [6, 6.07) is 21.2. The highest BCUT2D eigenvalue weighted by Gasteiger charge is 2.63. The number of carbonyl (C=O) groups excluding carboxylic acids is 1. The number of phenols is 1.